The van der Waals surface area contributed by atoms with E-state index in [4.69, 9.17) is 0 Å². The van der Waals surface area contributed by atoms with Crippen LogP contribution in [0, 0.1) is 17.8 Å². The lowest BCUT2D eigenvalue weighted by Gasteiger charge is -2.39. The number of amides is 3. The number of hydrogen-bond donors (Lipinski definition) is 3. The number of nitrogens with zero attached hydrogens (tertiary/aromatic N) is 1. The van der Waals surface area contributed by atoms with Crippen LogP contribution in [0.1, 0.15) is 74.1 Å². The van der Waals surface area contributed by atoms with Crippen molar-refractivity contribution in [3.63, 3.8) is 0 Å². The monoisotopic (exact) mass is 467 g/mol. The van der Waals surface area contributed by atoms with Gasteiger partial charge in [-0.3, -0.25) is 14.4 Å². The van der Waals surface area contributed by atoms with E-state index < -0.39 is 34.2 Å². The standard InChI is InChI=1S/C24H41N3O4S/c1-8-11-25-19(29)16-17-21(31)27(15(13-28)12-14(2)3)18(20(30)26-22(4,5)6)24(17)10-9-23(16,7)32-24/h14-18,28H,8-13H2,1-7H3,(H,25,29)(H,26,30)/t15-,16+,17+,18?,23-,24?/m1/s1. The van der Waals surface area contributed by atoms with Crippen LogP contribution in [0.2, 0.25) is 0 Å². The van der Waals surface area contributed by atoms with Gasteiger partial charge in [0.2, 0.25) is 17.7 Å². The summed E-state index contributed by atoms with van der Waals surface area (Å²) in [6.07, 6.45) is 2.96. The van der Waals surface area contributed by atoms with Gasteiger partial charge in [-0.25, -0.2) is 0 Å². The smallest absolute Gasteiger partial charge is 0.244 e. The van der Waals surface area contributed by atoms with Crippen molar-refractivity contribution in [3.8, 4) is 0 Å². The lowest BCUT2D eigenvalue weighted by atomic mass is 9.66. The SMILES string of the molecule is CCCNC(=O)[C@@H]1[C@H]2C(=O)N([C@@H](CO)CC(C)C)C(C(=O)NC(C)(C)C)C23CC[C@@]1(C)S3. The van der Waals surface area contributed by atoms with Crippen molar-refractivity contribution < 1.29 is 19.5 Å². The Morgan fingerprint density at radius 3 is 2.44 bits per heavy atom. The van der Waals surface area contributed by atoms with Gasteiger partial charge in [0.15, 0.2) is 0 Å². The molecule has 3 aliphatic heterocycles. The largest absolute Gasteiger partial charge is 0.394 e. The normalized spacial score (nSPS) is 34.7. The summed E-state index contributed by atoms with van der Waals surface area (Å²) in [6, 6.07) is -1.13. The molecule has 0 aromatic rings. The third-order valence-electron chi connectivity index (χ3n) is 7.14. The summed E-state index contributed by atoms with van der Waals surface area (Å²) < 4.78 is -1.00. The number of hydrogen-bond acceptors (Lipinski definition) is 5. The van der Waals surface area contributed by atoms with Crippen molar-refractivity contribution in [2.24, 2.45) is 17.8 Å². The molecule has 0 radical (unpaired) electrons. The highest BCUT2D eigenvalue weighted by Gasteiger charge is 2.77. The molecule has 3 heterocycles. The van der Waals surface area contributed by atoms with Crippen LogP contribution in [0.15, 0.2) is 0 Å². The van der Waals surface area contributed by atoms with E-state index in [1.165, 1.54) is 0 Å². The molecule has 3 saturated heterocycles. The van der Waals surface area contributed by atoms with Crippen LogP contribution < -0.4 is 10.6 Å². The first-order valence-electron chi connectivity index (χ1n) is 12.0. The third kappa shape index (κ3) is 4.17. The molecule has 0 aromatic carbocycles. The second-order valence-corrected chi connectivity index (χ2v) is 13.4. The number of aliphatic hydroxyl groups is 1. The molecule has 32 heavy (non-hydrogen) atoms. The molecule has 7 nitrogen and oxygen atoms in total. The summed E-state index contributed by atoms with van der Waals surface area (Å²) in [5.74, 6) is -1.15. The number of fused-ring (bicyclic) bond motifs is 1. The Balaban J connectivity index is 2.08. The third-order valence-corrected chi connectivity index (χ3v) is 9.13. The van der Waals surface area contributed by atoms with Gasteiger partial charge >= 0.3 is 0 Å². The van der Waals surface area contributed by atoms with E-state index in [-0.39, 0.29) is 35.0 Å². The number of rotatable bonds is 8. The number of aliphatic hydroxyl groups excluding tert-OH is 1. The zero-order valence-corrected chi connectivity index (χ0v) is 21.5. The molecular weight excluding hydrogens is 426 g/mol. The molecule has 1 spiro atoms. The molecule has 0 aromatic heterocycles. The number of likely N-dealkylation sites (tertiary alicyclic amines) is 1. The number of nitrogens with one attached hydrogen (secondary N) is 2. The van der Waals surface area contributed by atoms with Crippen LogP contribution in [0.25, 0.3) is 0 Å². The van der Waals surface area contributed by atoms with Gasteiger partial charge < -0.3 is 20.6 Å². The van der Waals surface area contributed by atoms with Crippen molar-refractivity contribution in [3.05, 3.63) is 0 Å². The molecule has 2 unspecified atom stereocenters. The molecule has 8 heteroatoms. The van der Waals surface area contributed by atoms with E-state index in [1.54, 1.807) is 16.7 Å². The first kappa shape index (κ1) is 25.3. The molecule has 182 valence electrons. The van der Waals surface area contributed by atoms with Crippen LogP contribution in [0.3, 0.4) is 0 Å². The van der Waals surface area contributed by atoms with Gasteiger partial charge in [0.1, 0.15) is 6.04 Å². The summed E-state index contributed by atoms with van der Waals surface area (Å²) in [4.78, 5) is 42.6. The van der Waals surface area contributed by atoms with Crippen LogP contribution in [-0.2, 0) is 14.4 Å². The summed E-state index contributed by atoms with van der Waals surface area (Å²) in [5, 5.41) is 16.4. The Bertz CT molecular complexity index is 767. The molecule has 3 N–H and O–H groups in total. The van der Waals surface area contributed by atoms with E-state index in [1.807, 2.05) is 27.7 Å². The fraction of sp³-hybridized carbons (Fsp3) is 0.875. The van der Waals surface area contributed by atoms with Crippen LogP contribution in [-0.4, -0.2) is 68.0 Å². The predicted molar refractivity (Wildman–Crippen MR) is 127 cm³/mol. The lowest BCUT2D eigenvalue weighted by Crippen LogP contribution is -2.59. The van der Waals surface area contributed by atoms with Gasteiger partial charge in [-0.1, -0.05) is 20.8 Å². The zero-order valence-electron chi connectivity index (χ0n) is 20.7. The minimum atomic E-state index is -0.689. The minimum Gasteiger partial charge on any atom is -0.394 e. The van der Waals surface area contributed by atoms with Gasteiger partial charge in [0, 0.05) is 16.8 Å². The number of carbonyl (C=O) groups excluding carboxylic acids is 3. The van der Waals surface area contributed by atoms with Crippen molar-refractivity contribution >= 4 is 29.5 Å². The highest BCUT2D eigenvalue weighted by Crippen LogP contribution is 2.71. The van der Waals surface area contributed by atoms with E-state index in [9.17, 15) is 19.5 Å². The maximum Gasteiger partial charge on any atom is 0.244 e. The van der Waals surface area contributed by atoms with Crippen LogP contribution in [0.5, 0.6) is 0 Å². The summed E-state index contributed by atoms with van der Waals surface area (Å²) in [7, 11) is 0. The van der Waals surface area contributed by atoms with Crippen molar-refractivity contribution in [1.29, 1.82) is 0 Å². The van der Waals surface area contributed by atoms with E-state index in [2.05, 4.69) is 31.4 Å². The van der Waals surface area contributed by atoms with E-state index in [0.29, 0.717) is 13.0 Å². The summed E-state index contributed by atoms with van der Waals surface area (Å²) in [5.41, 5.74) is -0.448. The highest BCUT2D eigenvalue weighted by molar-refractivity contribution is 8.02. The second kappa shape index (κ2) is 8.82. The topological polar surface area (TPSA) is 98.7 Å². The van der Waals surface area contributed by atoms with Gasteiger partial charge in [-0.05, 0) is 59.3 Å². The number of carbonyl (C=O) groups is 3. The summed E-state index contributed by atoms with van der Waals surface area (Å²) >= 11 is 1.67. The van der Waals surface area contributed by atoms with Crippen LogP contribution >= 0.6 is 11.8 Å². The van der Waals surface area contributed by atoms with Gasteiger partial charge in [0.25, 0.3) is 0 Å². The quantitative estimate of drug-likeness (QED) is 0.509. The Labute approximate surface area is 196 Å². The second-order valence-electron chi connectivity index (χ2n) is 11.5. The number of thioether (sulfide) groups is 1. The van der Waals surface area contributed by atoms with Crippen molar-refractivity contribution in [2.45, 2.75) is 101 Å². The Hall–Kier alpha value is -1.28. The van der Waals surface area contributed by atoms with E-state index in [0.717, 1.165) is 19.3 Å². The molecule has 3 fully saturated rings. The first-order chi connectivity index (χ1) is 14.8. The molecule has 0 saturated carbocycles. The van der Waals surface area contributed by atoms with Gasteiger partial charge in [0.05, 0.1) is 29.2 Å². The minimum absolute atomic E-state index is 0.0805. The Morgan fingerprint density at radius 1 is 1.25 bits per heavy atom. The first-order valence-corrected chi connectivity index (χ1v) is 12.9. The molecule has 3 rings (SSSR count). The Kier molecular flexibility index (Phi) is 6.99. The molecule has 6 atom stereocenters. The van der Waals surface area contributed by atoms with Crippen LogP contribution in [0.4, 0.5) is 0 Å². The summed E-state index contributed by atoms with van der Waals surface area (Å²) in [6.45, 7) is 14.4. The molecular formula is C24H41N3O4S. The maximum absolute atomic E-state index is 14.0. The molecule has 0 aliphatic carbocycles. The average molecular weight is 468 g/mol. The Morgan fingerprint density at radius 2 is 1.91 bits per heavy atom. The maximum atomic E-state index is 14.0. The molecule has 3 amide bonds. The highest BCUT2D eigenvalue weighted by atomic mass is 32.2. The molecule has 2 bridgehead atoms. The van der Waals surface area contributed by atoms with Gasteiger partial charge in [-0.2, -0.15) is 0 Å². The lowest BCUT2D eigenvalue weighted by molar-refractivity contribution is -0.143. The predicted octanol–water partition coefficient (Wildman–Crippen LogP) is 2.32. The molecule has 3 aliphatic rings. The fourth-order valence-corrected chi connectivity index (χ4v) is 8.42. The van der Waals surface area contributed by atoms with Crippen molar-refractivity contribution in [2.75, 3.05) is 13.2 Å². The average Bonchev–Trinajstić information content (AvgIpc) is 3.23. The fourth-order valence-electron chi connectivity index (χ4n) is 6.07. The van der Waals surface area contributed by atoms with E-state index >= 15 is 0 Å². The van der Waals surface area contributed by atoms with Gasteiger partial charge in [-0.15, -0.1) is 11.8 Å². The zero-order chi connectivity index (χ0) is 24.1. The van der Waals surface area contributed by atoms with Crippen molar-refractivity contribution in [1.82, 2.24) is 15.5 Å².